The molecular weight excluding hydrogens is 294 g/mol. The van der Waals surface area contributed by atoms with Gasteiger partial charge in [-0.2, -0.15) is 4.31 Å². The lowest BCUT2D eigenvalue weighted by atomic mass is 10.2. The standard InChI is InChI=1S/C13H17N3O4S/c14-7-9-2-1-5-16(9)21(18,19)10-3-4-12-11(6-10)15-13(17)8-20-12/h3-4,6,9H,1-2,5,7-8,14H2,(H,15,17). The normalized spacial score (nSPS) is 22.5. The number of nitrogens with two attached hydrogens (primary N) is 1. The average Bonchev–Trinajstić information content (AvgIpc) is 2.95. The summed E-state index contributed by atoms with van der Waals surface area (Å²) >= 11 is 0. The maximum absolute atomic E-state index is 12.7. The molecule has 2 heterocycles. The van der Waals surface area contributed by atoms with E-state index < -0.39 is 10.0 Å². The van der Waals surface area contributed by atoms with Crippen molar-refractivity contribution < 1.29 is 17.9 Å². The number of nitrogens with zero attached hydrogens (tertiary/aromatic N) is 1. The first-order chi connectivity index (χ1) is 10.0. The number of sulfonamides is 1. The molecule has 0 radical (unpaired) electrons. The maximum atomic E-state index is 12.7. The highest BCUT2D eigenvalue weighted by molar-refractivity contribution is 7.89. The number of nitrogens with one attached hydrogen (secondary N) is 1. The Morgan fingerprint density at radius 1 is 1.43 bits per heavy atom. The van der Waals surface area contributed by atoms with E-state index in [0.717, 1.165) is 12.8 Å². The number of benzene rings is 1. The molecule has 8 heteroatoms. The number of ether oxygens (including phenoxy) is 1. The Morgan fingerprint density at radius 3 is 3.00 bits per heavy atom. The highest BCUT2D eigenvalue weighted by atomic mass is 32.2. The van der Waals surface area contributed by atoms with E-state index in [0.29, 0.717) is 24.5 Å². The molecule has 1 unspecified atom stereocenters. The second-order valence-corrected chi connectivity index (χ2v) is 7.03. The molecule has 1 amide bonds. The van der Waals surface area contributed by atoms with E-state index in [1.807, 2.05) is 0 Å². The van der Waals surface area contributed by atoms with Gasteiger partial charge in [0.1, 0.15) is 5.75 Å². The van der Waals surface area contributed by atoms with Crippen molar-refractivity contribution in [2.45, 2.75) is 23.8 Å². The summed E-state index contributed by atoms with van der Waals surface area (Å²) in [6.45, 7) is 0.731. The number of anilines is 1. The van der Waals surface area contributed by atoms with Crippen LogP contribution in [0.25, 0.3) is 0 Å². The van der Waals surface area contributed by atoms with Crippen LogP contribution in [0.4, 0.5) is 5.69 Å². The Labute approximate surface area is 123 Å². The van der Waals surface area contributed by atoms with E-state index in [1.165, 1.54) is 16.4 Å². The third kappa shape index (κ3) is 2.50. The van der Waals surface area contributed by atoms with Gasteiger partial charge in [-0.25, -0.2) is 8.42 Å². The summed E-state index contributed by atoms with van der Waals surface area (Å²) < 4.78 is 32.1. The van der Waals surface area contributed by atoms with Gasteiger partial charge in [-0.3, -0.25) is 4.79 Å². The molecule has 0 aliphatic carbocycles. The molecule has 2 aliphatic rings. The van der Waals surface area contributed by atoms with Crippen LogP contribution in [0.5, 0.6) is 5.75 Å². The van der Waals surface area contributed by atoms with Crippen LogP contribution in [0, 0.1) is 0 Å². The molecule has 1 aromatic carbocycles. The topological polar surface area (TPSA) is 102 Å². The summed E-state index contributed by atoms with van der Waals surface area (Å²) in [5.74, 6) is 0.184. The average molecular weight is 311 g/mol. The molecule has 1 atom stereocenters. The second-order valence-electron chi connectivity index (χ2n) is 5.14. The van der Waals surface area contributed by atoms with Gasteiger partial charge in [0.25, 0.3) is 5.91 Å². The van der Waals surface area contributed by atoms with Crippen molar-refractivity contribution in [1.82, 2.24) is 4.31 Å². The van der Waals surface area contributed by atoms with Crippen LogP contribution in [0.15, 0.2) is 23.1 Å². The minimum absolute atomic E-state index is 0.0551. The minimum Gasteiger partial charge on any atom is -0.482 e. The molecule has 2 aliphatic heterocycles. The number of rotatable bonds is 3. The minimum atomic E-state index is -3.60. The first-order valence-corrected chi connectivity index (χ1v) is 8.25. The molecular formula is C13H17N3O4S. The van der Waals surface area contributed by atoms with E-state index in [9.17, 15) is 13.2 Å². The predicted molar refractivity (Wildman–Crippen MR) is 76.5 cm³/mol. The molecule has 21 heavy (non-hydrogen) atoms. The van der Waals surface area contributed by atoms with Gasteiger partial charge in [-0.05, 0) is 31.0 Å². The molecule has 0 bridgehead atoms. The fraction of sp³-hybridized carbons (Fsp3) is 0.462. The number of hydrogen-bond donors (Lipinski definition) is 2. The van der Waals surface area contributed by atoms with Gasteiger partial charge in [0.2, 0.25) is 10.0 Å². The molecule has 1 aromatic rings. The molecule has 1 fully saturated rings. The zero-order valence-electron chi connectivity index (χ0n) is 11.4. The van der Waals surface area contributed by atoms with Gasteiger partial charge >= 0.3 is 0 Å². The molecule has 0 spiro atoms. The number of fused-ring (bicyclic) bond motifs is 1. The molecule has 3 rings (SSSR count). The smallest absolute Gasteiger partial charge is 0.262 e. The van der Waals surface area contributed by atoms with Gasteiger partial charge in [0.15, 0.2) is 6.61 Å². The molecule has 114 valence electrons. The first-order valence-electron chi connectivity index (χ1n) is 6.81. The third-order valence-electron chi connectivity index (χ3n) is 3.79. The molecule has 1 saturated heterocycles. The van der Waals surface area contributed by atoms with Gasteiger partial charge < -0.3 is 15.8 Å². The summed E-state index contributed by atoms with van der Waals surface area (Å²) in [6.07, 6.45) is 1.59. The zero-order chi connectivity index (χ0) is 15.0. The largest absolute Gasteiger partial charge is 0.482 e. The van der Waals surface area contributed by atoms with Crippen molar-refractivity contribution >= 4 is 21.6 Å². The molecule has 7 nitrogen and oxygen atoms in total. The van der Waals surface area contributed by atoms with Crippen LogP contribution in [0.1, 0.15) is 12.8 Å². The number of amides is 1. The Hall–Kier alpha value is -1.64. The highest BCUT2D eigenvalue weighted by Crippen LogP contribution is 2.33. The number of hydrogen-bond acceptors (Lipinski definition) is 5. The Morgan fingerprint density at radius 2 is 2.24 bits per heavy atom. The van der Waals surface area contributed by atoms with Gasteiger partial charge in [0, 0.05) is 19.1 Å². The van der Waals surface area contributed by atoms with E-state index in [4.69, 9.17) is 10.5 Å². The number of carbonyl (C=O) groups is 1. The van der Waals surface area contributed by atoms with Crippen molar-refractivity contribution in [3.8, 4) is 5.75 Å². The van der Waals surface area contributed by atoms with Gasteiger partial charge in [-0.1, -0.05) is 0 Å². The Kier molecular flexibility index (Phi) is 3.60. The lowest BCUT2D eigenvalue weighted by Crippen LogP contribution is -2.39. The monoisotopic (exact) mass is 311 g/mol. The van der Waals surface area contributed by atoms with Crippen molar-refractivity contribution in [2.75, 3.05) is 25.0 Å². The van der Waals surface area contributed by atoms with E-state index in [2.05, 4.69) is 5.32 Å². The van der Waals surface area contributed by atoms with Gasteiger partial charge in [0.05, 0.1) is 10.6 Å². The predicted octanol–water partition coefficient (Wildman–Crippen LogP) is 0.129. The molecule has 0 saturated carbocycles. The third-order valence-corrected chi connectivity index (χ3v) is 5.73. The van der Waals surface area contributed by atoms with Crippen LogP contribution in [0.2, 0.25) is 0 Å². The van der Waals surface area contributed by atoms with E-state index in [1.54, 1.807) is 6.07 Å². The quantitative estimate of drug-likeness (QED) is 0.826. The molecule has 3 N–H and O–H groups in total. The first kappa shape index (κ1) is 14.3. The van der Waals surface area contributed by atoms with Crippen molar-refractivity contribution in [3.05, 3.63) is 18.2 Å². The second kappa shape index (κ2) is 5.28. The van der Waals surface area contributed by atoms with Crippen LogP contribution >= 0.6 is 0 Å². The summed E-state index contributed by atoms with van der Waals surface area (Å²) in [6, 6.07) is 4.34. The Bertz CT molecular complexity index is 674. The Balaban J connectivity index is 1.96. The van der Waals surface area contributed by atoms with E-state index in [-0.39, 0.29) is 23.5 Å². The highest BCUT2D eigenvalue weighted by Gasteiger charge is 2.35. The van der Waals surface area contributed by atoms with Crippen molar-refractivity contribution in [2.24, 2.45) is 5.73 Å². The fourth-order valence-electron chi connectivity index (χ4n) is 2.72. The summed E-state index contributed by atoms with van der Waals surface area (Å²) in [5, 5.41) is 2.62. The van der Waals surface area contributed by atoms with Crippen LogP contribution in [-0.2, 0) is 14.8 Å². The summed E-state index contributed by atoms with van der Waals surface area (Å²) in [4.78, 5) is 11.5. The zero-order valence-corrected chi connectivity index (χ0v) is 12.2. The fourth-order valence-corrected chi connectivity index (χ4v) is 4.45. The maximum Gasteiger partial charge on any atom is 0.262 e. The summed E-state index contributed by atoms with van der Waals surface area (Å²) in [7, 11) is -3.60. The van der Waals surface area contributed by atoms with E-state index >= 15 is 0 Å². The van der Waals surface area contributed by atoms with Crippen molar-refractivity contribution in [3.63, 3.8) is 0 Å². The summed E-state index contributed by atoms with van der Waals surface area (Å²) in [5.41, 5.74) is 6.03. The lowest BCUT2D eigenvalue weighted by Gasteiger charge is -2.24. The van der Waals surface area contributed by atoms with Gasteiger partial charge in [-0.15, -0.1) is 0 Å². The lowest BCUT2D eigenvalue weighted by molar-refractivity contribution is -0.118. The molecule has 0 aromatic heterocycles. The van der Waals surface area contributed by atoms with Crippen LogP contribution in [-0.4, -0.2) is 44.4 Å². The SMILES string of the molecule is NCC1CCCN1S(=O)(=O)c1ccc2c(c1)NC(=O)CO2. The number of carbonyl (C=O) groups excluding carboxylic acids is 1. The van der Waals surface area contributed by atoms with Crippen molar-refractivity contribution in [1.29, 1.82) is 0 Å². The van der Waals surface area contributed by atoms with Crippen LogP contribution < -0.4 is 15.8 Å². The van der Waals surface area contributed by atoms with Crippen LogP contribution in [0.3, 0.4) is 0 Å².